The average Bonchev–Trinajstić information content (AvgIpc) is 3.56. The first-order valence-electron chi connectivity index (χ1n) is 15.3. The Hall–Kier alpha value is -3.98. The number of amides is 1. The SMILES string of the molecule is CCc1c(-c2cc(Cc3cc4n(n3)CC(C)N(C)C4)c(=O)n(C)c2)ccnc1N1CCn2c(cc3c2CCCC3)C1=O. The summed E-state index contributed by atoms with van der Waals surface area (Å²) in [7, 11) is 3.94. The molecule has 218 valence electrons. The van der Waals surface area contributed by atoms with Gasteiger partial charge in [-0.25, -0.2) is 4.98 Å². The zero-order valence-corrected chi connectivity index (χ0v) is 25.1. The summed E-state index contributed by atoms with van der Waals surface area (Å²) in [6.45, 7) is 7.42. The molecule has 0 spiro atoms. The van der Waals surface area contributed by atoms with Gasteiger partial charge in [-0.3, -0.25) is 24.1 Å². The van der Waals surface area contributed by atoms with Crippen molar-refractivity contribution in [3.05, 3.63) is 86.5 Å². The minimum Gasteiger partial charge on any atom is -0.339 e. The predicted octanol–water partition coefficient (Wildman–Crippen LogP) is 3.97. The molecule has 4 aromatic rings. The molecule has 4 aromatic heterocycles. The van der Waals surface area contributed by atoms with Crippen LogP contribution in [0.15, 0.2) is 41.5 Å². The van der Waals surface area contributed by atoms with Gasteiger partial charge in [0.1, 0.15) is 11.5 Å². The normalized spacial score (nSPS) is 18.6. The number of carbonyl (C=O) groups is 1. The van der Waals surface area contributed by atoms with Crippen molar-refractivity contribution in [2.45, 2.75) is 78.0 Å². The highest BCUT2D eigenvalue weighted by Gasteiger charge is 2.32. The van der Waals surface area contributed by atoms with Crippen LogP contribution in [0.4, 0.5) is 5.82 Å². The van der Waals surface area contributed by atoms with E-state index in [0.29, 0.717) is 24.6 Å². The first-order chi connectivity index (χ1) is 20.3. The van der Waals surface area contributed by atoms with Gasteiger partial charge in [0.15, 0.2) is 0 Å². The van der Waals surface area contributed by atoms with Gasteiger partial charge in [0.05, 0.1) is 17.9 Å². The molecule has 9 heteroatoms. The van der Waals surface area contributed by atoms with E-state index >= 15 is 0 Å². The van der Waals surface area contributed by atoms with Gasteiger partial charge in [0.25, 0.3) is 11.5 Å². The Bertz CT molecular complexity index is 1730. The predicted molar refractivity (Wildman–Crippen MR) is 163 cm³/mol. The largest absolute Gasteiger partial charge is 0.339 e. The highest BCUT2D eigenvalue weighted by Crippen LogP contribution is 2.34. The van der Waals surface area contributed by atoms with Crippen LogP contribution in [-0.4, -0.2) is 54.3 Å². The Balaban J connectivity index is 1.23. The van der Waals surface area contributed by atoms with Crippen LogP contribution in [0.1, 0.15) is 70.9 Å². The van der Waals surface area contributed by atoms with Gasteiger partial charge in [-0.15, -0.1) is 0 Å². The maximum Gasteiger partial charge on any atom is 0.276 e. The fourth-order valence-electron chi connectivity index (χ4n) is 7.11. The first-order valence-corrected chi connectivity index (χ1v) is 15.3. The molecular formula is C33H39N7O2. The number of aromatic nitrogens is 5. The highest BCUT2D eigenvalue weighted by atomic mass is 16.2. The van der Waals surface area contributed by atoms with Crippen LogP contribution >= 0.6 is 0 Å². The molecule has 0 bridgehead atoms. The second-order valence-corrected chi connectivity index (χ2v) is 12.3. The van der Waals surface area contributed by atoms with Gasteiger partial charge in [-0.2, -0.15) is 5.10 Å². The molecule has 2 aliphatic heterocycles. The van der Waals surface area contributed by atoms with E-state index < -0.39 is 0 Å². The van der Waals surface area contributed by atoms with Crippen molar-refractivity contribution in [1.82, 2.24) is 28.8 Å². The molecular weight excluding hydrogens is 526 g/mol. The van der Waals surface area contributed by atoms with Crippen LogP contribution in [0, 0.1) is 0 Å². The van der Waals surface area contributed by atoms with Crippen molar-refractivity contribution in [2.24, 2.45) is 7.05 Å². The number of pyridine rings is 2. The molecule has 0 radical (unpaired) electrons. The number of likely N-dealkylation sites (N-methyl/N-ethyl adjacent to an activating group) is 1. The van der Waals surface area contributed by atoms with Crippen LogP contribution in [0.25, 0.3) is 11.1 Å². The molecule has 0 N–H and O–H groups in total. The van der Waals surface area contributed by atoms with Crippen molar-refractivity contribution in [1.29, 1.82) is 0 Å². The van der Waals surface area contributed by atoms with Crippen molar-refractivity contribution in [3.63, 3.8) is 0 Å². The summed E-state index contributed by atoms with van der Waals surface area (Å²) in [6.07, 6.45) is 9.39. The standard InChI is InChI=1S/C33H39N7O2/c1-5-27-28(10-11-34-31(27)39-13-12-38-29-9-7-6-8-22(29)16-30(38)33(39)42)24-14-23(32(41)37(4)19-24)15-25-17-26-20-36(3)21(2)18-40(26)35-25/h10-11,14,16-17,19,21H,5-9,12-13,15,18,20H2,1-4H3. The summed E-state index contributed by atoms with van der Waals surface area (Å²) < 4.78 is 6.00. The van der Waals surface area contributed by atoms with Crippen molar-refractivity contribution in [3.8, 4) is 11.1 Å². The van der Waals surface area contributed by atoms with Gasteiger partial charge < -0.3 is 9.13 Å². The molecule has 0 saturated heterocycles. The summed E-state index contributed by atoms with van der Waals surface area (Å²) in [6, 6.07) is 8.69. The number of hydrogen-bond acceptors (Lipinski definition) is 5. The van der Waals surface area contributed by atoms with Crippen LogP contribution in [0.5, 0.6) is 0 Å². The zero-order valence-electron chi connectivity index (χ0n) is 25.1. The lowest BCUT2D eigenvalue weighted by Gasteiger charge is -2.31. The molecule has 7 rings (SSSR count). The minimum absolute atomic E-state index is 0.0153. The second kappa shape index (κ2) is 10.4. The molecule has 1 amide bonds. The third-order valence-corrected chi connectivity index (χ3v) is 9.52. The lowest BCUT2D eigenvalue weighted by Crippen LogP contribution is -2.41. The number of rotatable bonds is 5. The molecule has 9 nitrogen and oxygen atoms in total. The zero-order chi connectivity index (χ0) is 29.1. The molecule has 1 atom stereocenters. The highest BCUT2D eigenvalue weighted by molar-refractivity contribution is 6.06. The van der Waals surface area contributed by atoms with Crippen molar-refractivity contribution >= 4 is 11.7 Å². The van der Waals surface area contributed by atoms with Gasteiger partial charge in [-0.1, -0.05) is 6.92 Å². The number of carbonyl (C=O) groups excluding carboxylic acids is 1. The van der Waals surface area contributed by atoms with Gasteiger partial charge >= 0.3 is 0 Å². The first kappa shape index (κ1) is 26.9. The minimum atomic E-state index is -0.0153. The molecule has 42 heavy (non-hydrogen) atoms. The van der Waals surface area contributed by atoms with E-state index in [1.165, 1.54) is 29.8 Å². The van der Waals surface area contributed by atoms with Gasteiger partial charge in [0, 0.05) is 68.4 Å². The molecule has 1 aliphatic carbocycles. The third-order valence-electron chi connectivity index (χ3n) is 9.52. The van der Waals surface area contributed by atoms with Crippen molar-refractivity contribution in [2.75, 3.05) is 18.5 Å². The maximum absolute atomic E-state index is 13.8. The summed E-state index contributed by atoms with van der Waals surface area (Å²) in [5.74, 6) is 0.751. The van der Waals surface area contributed by atoms with Gasteiger partial charge in [-0.05, 0) is 87.0 Å². The van der Waals surface area contributed by atoms with E-state index in [1.807, 2.05) is 30.3 Å². The summed E-state index contributed by atoms with van der Waals surface area (Å²) in [4.78, 5) is 36.0. The average molecular weight is 566 g/mol. The van der Waals surface area contributed by atoms with Crippen LogP contribution in [0.2, 0.25) is 0 Å². The number of fused-ring (bicyclic) bond motifs is 4. The lowest BCUT2D eigenvalue weighted by atomic mass is 9.97. The Labute approximate surface area is 246 Å². The molecule has 1 unspecified atom stereocenters. The van der Waals surface area contributed by atoms with E-state index in [-0.39, 0.29) is 11.5 Å². The monoisotopic (exact) mass is 565 g/mol. The fourth-order valence-corrected chi connectivity index (χ4v) is 7.11. The number of nitrogens with zero attached hydrogens (tertiary/aromatic N) is 7. The van der Waals surface area contributed by atoms with Crippen LogP contribution in [0.3, 0.4) is 0 Å². The fraction of sp³-hybridized carbons (Fsp3) is 0.455. The molecule has 3 aliphatic rings. The van der Waals surface area contributed by atoms with E-state index in [0.717, 1.165) is 72.8 Å². The summed E-state index contributed by atoms with van der Waals surface area (Å²) in [5.41, 5.74) is 9.25. The number of anilines is 1. The van der Waals surface area contributed by atoms with E-state index in [4.69, 9.17) is 10.1 Å². The lowest BCUT2D eigenvalue weighted by molar-refractivity contribution is 0.0963. The van der Waals surface area contributed by atoms with E-state index in [2.05, 4.69) is 47.2 Å². The molecule has 6 heterocycles. The molecule has 0 aromatic carbocycles. The Morgan fingerprint density at radius 3 is 2.71 bits per heavy atom. The van der Waals surface area contributed by atoms with Crippen LogP contribution < -0.4 is 10.5 Å². The summed E-state index contributed by atoms with van der Waals surface area (Å²) >= 11 is 0. The summed E-state index contributed by atoms with van der Waals surface area (Å²) in [5, 5.41) is 4.85. The maximum atomic E-state index is 13.8. The number of aryl methyl sites for hydroxylation is 2. The Morgan fingerprint density at radius 2 is 1.88 bits per heavy atom. The number of hydrogen-bond donors (Lipinski definition) is 0. The molecule has 0 saturated carbocycles. The van der Waals surface area contributed by atoms with Crippen LogP contribution in [-0.2, 0) is 52.4 Å². The Kier molecular flexibility index (Phi) is 6.65. The Morgan fingerprint density at radius 1 is 1.05 bits per heavy atom. The second-order valence-electron chi connectivity index (χ2n) is 12.3. The smallest absolute Gasteiger partial charge is 0.276 e. The quantitative estimate of drug-likeness (QED) is 0.366. The van der Waals surface area contributed by atoms with Crippen molar-refractivity contribution < 1.29 is 4.79 Å². The topological polar surface area (TPSA) is 81.2 Å². The van der Waals surface area contributed by atoms with Gasteiger partial charge in [0.2, 0.25) is 0 Å². The van der Waals surface area contributed by atoms with E-state index in [1.54, 1.807) is 10.8 Å². The molecule has 0 fully saturated rings. The third kappa shape index (κ3) is 4.42. The van der Waals surface area contributed by atoms with E-state index in [9.17, 15) is 9.59 Å².